The van der Waals surface area contributed by atoms with Crippen molar-refractivity contribution in [1.82, 2.24) is 4.90 Å². The highest BCUT2D eigenvalue weighted by Crippen LogP contribution is 2.27. The van der Waals surface area contributed by atoms with Gasteiger partial charge in [0.2, 0.25) is 0 Å². The Morgan fingerprint density at radius 3 is 2.33 bits per heavy atom. The highest BCUT2D eigenvalue weighted by atomic mass is 32.1. The SMILES string of the molecule is CCN(CCC#N)CC(CS)C(C)(C)C. The molecule has 0 heterocycles. The van der Waals surface area contributed by atoms with Crippen molar-refractivity contribution >= 4 is 12.6 Å². The molecule has 0 amide bonds. The van der Waals surface area contributed by atoms with Crippen molar-refractivity contribution in [2.45, 2.75) is 34.1 Å². The summed E-state index contributed by atoms with van der Waals surface area (Å²) >= 11 is 4.42. The Bertz CT molecular complexity index is 203. The van der Waals surface area contributed by atoms with Crippen molar-refractivity contribution in [3.05, 3.63) is 0 Å². The standard InChI is InChI=1S/C12H24N2S/c1-5-14(8-6-7-13)9-11(10-15)12(2,3)4/h11,15H,5-6,8-10H2,1-4H3. The Morgan fingerprint density at radius 1 is 1.40 bits per heavy atom. The second kappa shape index (κ2) is 7.14. The van der Waals surface area contributed by atoms with Gasteiger partial charge in [-0.05, 0) is 23.6 Å². The predicted molar refractivity (Wildman–Crippen MR) is 69.1 cm³/mol. The van der Waals surface area contributed by atoms with E-state index in [4.69, 9.17) is 5.26 Å². The van der Waals surface area contributed by atoms with Crippen LogP contribution < -0.4 is 0 Å². The second-order valence-electron chi connectivity index (χ2n) is 5.05. The van der Waals surface area contributed by atoms with E-state index in [1.54, 1.807) is 0 Å². The monoisotopic (exact) mass is 228 g/mol. The van der Waals surface area contributed by atoms with Crippen LogP contribution in [0.3, 0.4) is 0 Å². The van der Waals surface area contributed by atoms with E-state index in [1.165, 1.54) is 0 Å². The summed E-state index contributed by atoms with van der Waals surface area (Å²) < 4.78 is 0. The molecule has 0 saturated carbocycles. The lowest BCUT2D eigenvalue weighted by Gasteiger charge is -2.34. The molecule has 88 valence electrons. The molecule has 0 rings (SSSR count). The molecule has 0 aliphatic rings. The first-order chi connectivity index (χ1) is 6.95. The average Bonchev–Trinajstić information content (AvgIpc) is 2.16. The second-order valence-corrected chi connectivity index (χ2v) is 5.41. The molecule has 0 aromatic carbocycles. The molecule has 0 aromatic rings. The zero-order chi connectivity index (χ0) is 11.9. The number of nitriles is 1. The Morgan fingerprint density at radius 2 is 2.00 bits per heavy atom. The third kappa shape index (κ3) is 6.06. The fourth-order valence-corrected chi connectivity index (χ4v) is 2.17. The summed E-state index contributed by atoms with van der Waals surface area (Å²) in [4.78, 5) is 2.34. The van der Waals surface area contributed by atoms with Crippen LogP contribution in [0.15, 0.2) is 0 Å². The largest absolute Gasteiger partial charge is 0.302 e. The number of hydrogen-bond donors (Lipinski definition) is 1. The summed E-state index contributed by atoms with van der Waals surface area (Å²) in [5.74, 6) is 1.49. The van der Waals surface area contributed by atoms with Crippen LogP contribution in [0, 0.1) is 22.7 Å². The molecule has 0 fully saturated rings. The Hall–Kier alpha value is -0.200. The van der Waals surface area contributed by atoms with Gasteiger partial charge in [0.05, 0.1) is 6.07 Å². The van der Waals surface area contributed by atoms with Crippen molar-refractivity contribution in [2.24, 2.45) is 11.3 Å². The molecule has 0 bridgehead atoms. The van der Waals surface area contributed by atoms with Gasteiger partial charge >= 0.3 is 0 Å². The molecule has 1 unspecified atom stereocenters. The maximum atomic E-state index is 8.57. The molecule has 3 heteroatoms. The van der Waals surface area contributed by atoms with Crippen LogP contribution >= 0.6 is 12.6 Å². The molecule has 0 aromatic heterocycles. The first kappa shape index (κ1) is 14.8. The van der Waals surface area contributed by atoms with E-state index in [-0.39, 0.29) is 0 Å². The van der Waals surface area contributed by atoms with Gasteiger partial charge in [0.25, 0.3) is 0 Å². The molecule has 0 aliphatic carbocycles. The van der Waals surface area contributed by atoms with Gasteiger partial charge in [-0.1, -0.05) is 27.7 Å². The quantitative estimate of drug-likeness (QED) is 0.708. The van der Waals surface area contributed by atoms with E-state index >= 15 is 0 Å². The molecule has 2 nitrogen and oxygen atoms in total. The van der Waals surface area contributed by atoms with Gasteiger partial charge < -0.3 is 4.90 Å². The first-order valence-electron chi connectivity index (χ1n) is 5.65. The smallest absolute Gasteiger partial charge is 0.0635 e. The predicted octanol–water partition coefficient (Wildman–Crippen LogP) is 2.81. The Kier molecular flexibility index (Phi) is 7.04. The van der Waals surface area contributed by atoms with E-state index in [2.05, 4.69) is 51.3 Å². The van der Waals surface area contributed by atoms with Crippen molar-refractivity contribution in [3.8, 4) is 6.07 Å². The van der Waals surface area contributed by atoms with Gasteiger partial charge in [0, 0.05) is 19.5 Å². The summed E-state index contributed by atoms with van der Waals surface area (Å²) in [5, 5.41) is 8.57. The van der Waals surface area contributed by atoms with Gasteiger partial charge in [0.15, 0.2) is 0 Å². The van der Waals surface area contributed by atoms with Crippen molar-refractivity contribution < 1.29 is 0 Å². The van der Waals surface area contributed by atoms with Crippen LogP contribution in [0.5, 0.6) is 0 Å². The van der Waals surface area contributed by atoms with E-state index in [9.17, 15) is 0 Å². The highest BCUT2D eigenvalue weighted by Gasteiger charge is 2.24. The van der Waals surface area contributed by atoms with E-state index < -0.39 is 0 Å². The summed E-state index contributed by atoms with van der Waals surface area (Å²) in [6.07, 6.45) is 0.622. The lowest BCUT2D eigenvalue weighted by Crippen LogP contribution is -2.37. The Labute approximate surface area is 100 Å². The van der Waals surface area contributed by atoms with Crippen molar-refractivity contribution in [2.75, 3.05) is 25.4 Å². The maximum absolute atomic E-state index is 8.57. The van der Waals surface area contributed by atoms with Gasteiger partial charge in [-0.3, -0.25) is 0 Å². The fourth-order valence-electron chi connectivity index (χ4n) is 1.50. The minimum Gasteiger partial charge on any atom is -0.302 e. The van der Waals surface area contributed by atoms with Crippen LogP contribution in [0.4, 0.5) is 0 Å². The first-order valence-corrected chi connectivity index (χ1v) is 6.29. The summed E-state index contributed by atoms with van der Waals surface area (Å²) in [5.41, 5.74) is 0.293. The van der Waals surface area contributed by atoms with Crippen LogP contribution in [0.2, 0.25) is 0 Å². The molecular weight excluding hydrogens is 204 g/mol. The number of nitrogens with zero attached hydrogens (tertiary/aromatic N) is 2. The normalized spacial score (nSPS) is 13.9. The summed E-state index contributed by atoms with van der Waals surface area (Å²) in [6.45, 7) is 11.9. The van der Waals surface area contributed by atoms with E-state index in [1.807, 2.05) is 0 Å². The van der Waals surface area contributed by atoms with Crippen LogP contribution in [-0.4, -0.2) is 30.3 Å². The lowest BCUT2D eigenvalue weighted by atomic mass is 9.81. The lowest BCUT2D eigenvalue weighted by molar-refractivity contribution is 0.172. The van der Waals surface area contributed by atoms with Gasteiger partial charge in [-0.2, -0.15) is 17.9 Å². The highest BCUT2D eigenvalue weighted by molar-refractivity contribution is 7.80. The van der Waals surface area contributed by atoms with Crippen molar-refractivity contribution in [1.29, 1.82) is 5.26 Å². The zero-order valence-electron chi connectivity index (χ0n) is 10.5. The zero-order valence-corrected chi connectivity index (χ0v) is 11.3. The van der Waals surface area contributed by atoms with Crippen molar-refractivity contribution in [3.63, 3.8) is 0 Å². The maximum Gasteiger partial charge on any atom is 0.0635 e. The third-order valence-electron chi connectivity index (χ3n) is 2.91. The Balaban J connectivity index is 4.19. The van der Waals surface area contributed by atoms with Gasteiger partial charge in [-0.25, -0.2) is 0 Å². The number of rotatable bonds is 6. The molecule has 1 atom stereocenters. The molecule has 0 spiro atoms. The molecule has 0 N–H and O–H groups in total. The fraction of sp³-hybridized carbons (Fsp3) is 0.917. The van der Waals surface area contributed by atoms with Gasteiger partial charge in [0.1, 0.15) is 0 Å². The molecule has 0 saturated heterocycles. The van der Waals surface area contributed by atoms with Crippen LogP contribution in [0.25, 0.3) is 0 Å². The molecular formula is C12H24N2S. The molecule has 0 radical (unpaired) electrons. The molecule has 0 aliphatic heterocycles. The average molecular weight is 228 g/mol. The molecule has 15 heavy (non-hydrogen) atoms. The summed E-state index contributed by atoms with van der Waals surface area (Å²) in [6, 6.07) is 2.20. The van der Waals surface area contributed by atoms with Crippen LogP contribution in [-0.2, 0) is 0 Å². The summed E-state index contributed by atoms with van der Waals surface area (Å²) in [7, 11) is 0. The number of hydrogen-bond acceptors (Lipinski definition) is 3. The van der Waals surface area contributed by atoms with Crippen LogP contribution in [0.1, 0.15) is 34.1 Å². The minimum absolute atomic E-state index is 0.293. The third-order valence-corrected chi connectivity index (χ3v) is 3.35. The van der Waals surface area contributed by atoms with E-state index in [0.717, 1.165) is 25.4 Å². The minimum atomic E-state index is 0.293. The topological polar surface area (TPSA) is 27.0 Å². The van der Waals surface area contributed by atoms with E-state index in [0.29, 0.717) is 17.8 Å². The van der Waals surface area contributed by atoms with Gasteiger partial charge in [-0.15, -0.1) is 0 Å². The number of thiol groups is 1.